The number of hydrogen-bond donors (Lipinski definition) is 2. The highest BCUT2D eigenvalue weighted by Crippen LogP contribution is 2.19. The Morgan fingerprint density at radius 3 is 3.00 bits per heavy atom. The van der Waals surface area contributed by atoms with Crippen molar-refractivity contribution in [1.82, 2.24) is 9.97 Å². The molecule has 0 spiro atoms. The molecule has 6 nitrogen and oxygen atoms in total. The van der Waals surface area contributed by atoms with Gasteiger partial charge in [-0.15, -0.1) is 0 Å². The molecule has 1 aromatic rings. The van der Waals surface area contributed by atoms with Crippen molar-refractivity contribution in [3.63, 3.8) is 0 Å². The van der Waals surface area contributed by atoms with E-state index < -0.39 is 0 Å². The Hall–Kier alpha value is -1.50. The van der Waals surface area contributed by atoms with Crippen molar-refractivity contribution >= 4 is 23.4 Å². The van der Waals surface area contributed by atoms with Gasteiger partial charge < -0.3 is 15.8 Å². The van der Waals surface area contributed by atoms with Crippen LogP contribution in [0.2, 0.25) is 0 Å². The van der Waals surface area contributed by atoms with E-state index in [1.165, 1.54) is 0 Å². The zero-order valence-electron chi connectivity index (χ0n) is 9.41. The third-order valence-corrected chi connectivity index (χ3v) is 3.60. The summed E-state index contributed by atoms with van der Waals surface area (Å²) in [6, 6.07) is 0. The number of nitrogens with two attached hydrogens (primary N) is 1. The minimum absolute atomic E-state index is 0.00463. The zero-order chi connectivity index (χ0) is 12.1. The van der Waals surface area contributed by atoms with Gasteiger partial charge >= 0.3 is 0 Å². The Bertz CT molecular complexity index is 403. The van der Waals surface area contributed by atoms with E-state index in [1.54, 1.807) is 12.4 Å². The highest BCUT2D eigenvalue weighted by Gasteiger charge is 2.17. The molecule has 3 N–H and O–H groups in total. The Morgan fingerprint density at radius 2 is 2.18 bits per heavy atom. The molecule has 0 atom stereocenters. The average molecular weight is 253 g/mol. The monoisotopic (exact) mass is 253 g/mol. The summed E-state index contributed by atoms with van der Waals surface area (Å²) in [4.78, 5) is 10.6. The molecule has 0 aliphatic carbocycles. The molecular formula is C10H15N5OS. The standard InChI is InChI=1S/C10H15N5OS/c11-9(14-16)8-10(13-3-2-12-8)15-4-1-6-17-7-5-15/h2-3,16H,1,4-7H2,(H2,11,14). The highest BCUT2D eigenvalue weighted by molar-refractivity contribution is 7.99. The fourth-order valence-electron chi connectivity index (χ4n) is 1.75. The molecule has 0 saturated carbocycles. The normalized spacial score (nSPS) is 17.9. The lowest BCUT2D eigenvalue weighted by atomic mass is 10.3. The van der Waals surface area contributed by atoms with Crippen LogP contribution in [0.3, 0.4) is 0 Å². The van der Waals surface area contributed by atoms with Gasteiger partial charge in [-0.25, -0.2) is 9.97 Å². The largest absolute Gasteiger partial charge is 0.409 e. The zero-order valence-corrected chi connectivity index (χ0v) is 10.2. The van der Waals surface area contributed by atoms with Crippen molar-refractivity contribution in [3.8, 4) is 0 Å². The number of hydrogen-bond acceptors (Lipinski definition) is 6. The number of rotatable bonds is 2. The molecule has 2 heterocycles. The van der Waals surface area contributed by atoms with Gasteiger partial charge in [-0.05, 0) is 12.2 Å². The van der Waals surface area contributed by atoms with Crippen LogP contribution in [0.25, 0.3) is 0 Å². The summed E-state index contributed by atoms with van der Waals surface area (Å²) in [6.45, 7) is 1.84. The first-order valence-corrected chi connectivity index (χ1v) is 6.60. The van der Waals surface area contributed by atoms with Crippen LogP contribution in [-0.2, 0) is 0 Å². The second-order valence-electron chi connectivity index (χ2n) is 3.67. The van der Waals surface area contributed by atoms with Crippen molar-refractivity contribution in [2.24, 2.45) is 10.9 Å². The lowest BCUT2D eigenvalue weighted by Crippen LogP contribution is -2.30. The van der Waals surface area contributed by atoms with Gasteiger partial charge in [0, 0.05) is 31.2 Å². The van der Waals surface area contributed by atoms with Gasteiger partial charge in [-0.2, -0.15) is 11.8 Å². The first-order valence-electron chi connectivity index (χ1n) is 5.44. The summed E-state index contributed by atoms with van der Waals surface area (Å²) >= 11 is 1.93. The van der Waals surface area contributed by atoms with E-state index in [1.807, 2.05) is 11.8 Å². The van der Waals surface area contributed by atoms with Gasteiger partial charge in [0.25, 0.3) is 0 Å². The Labute approximate surface area is 104 Å². The topological polar surface area (TPSA) is 87.6 Å². The van der Waals surface area contributed by atoms with Crippen LogP contribution in [0, 0.1) is 0 Å². The fourth-order valence-corrected chi connectivity index (χ4v) is 2.63. The molecule has 7 heteroatoms. The van der Waals surface area contributed by atoms with E-state index in [0.29, 0.717) is 11.5 Å². The highest BCUT2D eigenvalue weighted by atomic mass is 32.2. The number of thioether (sulfide) groups is 1. The lowest BCUT2D eigenvalue weighted by molar-refractivity contribution is 0.318. The summed E-state index contributed by atoms with van der Waals surface area (Å²) in [5.74, 6) is 2.93. The van der Waals surface area contributed by atoms with Crippen molar-refractivity contribution < 1.29 is 5.21 Å². The Kier molecular flexibility index (Phi) is 4.03. The van der Waals surface area contributed by atoms with Crippen LogP contribution in [0.5, 0.6) is 0 Å². The van der Waals surface area contributed by atoms with Crippen LogP contribution in [0.1, 0.15) is 12.1 Å². The molecule has 1 fully saturated rings. The maximum atomic E-state index is 8.74. The molecule has 0 aromatic carbocycles. The van der Waals surface area contributed by atoms with Crippen molar-refractivity contribution in [2.45, 2.75) is 6.42 Å². The Morgan fingerprint density at radius 1 is 1.35 bits per heavy atom. The van der Waals surface area contributed by atoms with E-state index in [-0.39, 0.29) is 5.84 Å². The second kappa shape index (κ2) is 5.72. The molecule has 92 valence electrons. The third-order valence-electron chi connectivity index (χ3n) is 2.55. The minimum atomic E-state index is 0.00463. The van der Waals surface area contributed by atoms with Gasteiger partial charge in [0.15, 0.2) is 17.3 Å². The number of aromatic nitrogens is 2. The number of anilines is 1. The van der Waals surface area contributed by atoms with Crippen LogP contribution in [0.15, 0.2) is 17.5 Å². The van der Waals surface area contributed by atoms with Crippen LogP contribution in [0.4, 0.5) is 5.82 Å². The lowest BCUT2D eigenvalue weighted by Gasteiger charge is -2.22. The van der Waals surface area contributed by atoms with Crippen molar-refractivity contribution in [2.75, 3.05) is 29.5 Å². The fraction of sp³-hybridized carbons (Fsp3) is 0.500. The molecule has 1 aliphatic heterocycles. The van der Waals surface area contributed by atoms with E-state index in [4.69, 9.17) is 10.9 Å². The molecule has 1 saturated heterocycles. The molecule has 1 aliphatic rings. The predicted octanol–water partition coefficient (Wildman–Crippen LogP) is 0.514. The van der Waals surface area contributed by atoms with E-state index in [9.17, 15) is 0 Å². The molecule has 1 aromatic heterocycles. The van der Waals surface area contributed by atoms with Gasteiger partial charge in [0.1, 0.15) is 0 Å². The second-order valence-corrected chi connectivity index (χ2v) is 4.89. The van der Waals surface area contributed by atoms with Gasteiger partial charge in [-0.3, -0.25) is 0 Å². The van der Waals surface area contributed by atoms with E-state index >= 15 is 0 Å². The van der Waals surface area contributed by atoms with E-state index in [2.05, 4.69) is 20.0 Å². The van der Waals surface area contributed by atoms with Crippen LogP contribution >= 0.6 is 11.8 Å². The number of amidine groups is 1. The molecule has 17 heavy (non-hydrogen) atoms. The maximum Gasteiger partial charge on any atom is 0.192 e. The molecule has 0 unspecified atom stereocenters. The smallest absolute Gasteiger partial charge is 0.192 e. The summed E-state index contributed by atoms with van der Waals surface area (Å²) in [6.07, 6.45) is 4.28. The first-order chi connectivity index (χ1) is 8.33. The van der Waals surface area contributed by atoms with E-state index in [0.717, 1.165) is 31.0 Å². The summed E-state index contributed by atoms with van der Waals surface area (Å²) in [5, 5.41) is 11.7. The van der Waals surface area contributed by atoms with Crippen molar-refractivity contribution in [3.05, 3.63) is 18.1 Å². The van der Waals surface area contributed by atoms with Crippen LogP contribution < -0.4 is 10.6 Å². The first kappa shape index (κ1) is 12.0. The quantitative estimate of drug-likeness (QED) is 0.346. The van der Waals surface area contributed by atoms with Crippen molar-refractivity contribution in [1.29, 1.82) is 0 Å². The maximum absolute atomic E-state index is 8.74. The number of nitrogens with zero attached hydrogens (tertiary/aromatic N) is 4. The van der Waals surface area contributed by atoms with Gasteiger partial charge in [0.05, 0.1) is 0 Å². The van der Waals surface area contributed by atoms with Crippen LogP contribution in [-0.4, -0.2) is 45.6 Å². The Balaban J connectivity index is 2.30. The summed E-state index contributed by atoms with van der Waals surface area (Å²) in [7, 11) is 0. The number of oxime groups is 1. The summed E-state index contributed by atoms with van der Waals surface area (Å²) in [5.41, 5.74) is 6.05. The molecular weight excluding hydrogens is 238 g/mol. The van der Waals surface area contributed by atoms with Gasteiger partial charge in [0.2, 0.25) is 0 Å². The van der Waals surface area contributed by atoms with Gasteiger partial charge in [-0.1, -0.05) is 5.16 Å². The minimum Gasteiger partial charge on any atom is -0.409 e. The molecule has 0 amide bonds. The summed E-state index contributed by atoms with van der Waals surface area (Å²) < 4.78 is 0. The third kappa shape index (κ3) is 2.79. The average Bonchev–Trinajstić information content (AvgIpc) is 2.66. The predicted molar refractivity (Wildman–Crippen MR) is 68.7 cm³/mol. The molecule has 0 bridgehead atoms. The molecule has 2 rings (SSSR count). The SMILES string of the molecule is NC(=NO)c1nccnc1N1CCCSCC1. The molecule has 0 radical (unpaired) electrons.